The fraction of sp³-hybridized carbons (Fsp3) is 0.0588. The van der Waals surface area contributed by atoms with Crippen LogP contribution in [-0.4, -0.2) is 21.7 Å². The Morgan fingerprint density at radius 3 is 2.81 bits per heavy atom. The lowest BCUT2D eigenvalue weighted by Gasteiger charge is -2.11. The highest BCUT2D eigenvalue weighted by Crippen LogP contribution is 2.31. The Balaban J connectivity index is 2.07. The predicted octanol–water partition coefficient (Wildman–Crippen LogP) is 3.56. The number of aromatic nitrogens is 3. The molecule has 0 aliphatic heterocycles. The van der Waals surface area contributed by atoms with Gasteiger partial charge in [0.15, 0.2) is 0 Å². The summed E-state index contributed by atoms with van der Waals surface area (Å²) < 4.78 is 7.38. The van der Waals surface area contributed by atoms with Gasteiger partial charge in [-0.05, 0) is 30.3 Å². The zero-order valence-corrected chi connectivity index (χ0v) is 11.5. The van der Waals surface area contributed by atoms with Gasteiger partial charge in [0.05, 0.1) is 35.6 Å². The first-order valence-electron chi connectivity index (χ1n) is 6.74. The van der Waals surface area contributed by atoms with Gasteiger partial charge in [-0.15, -0.1) is 0 Å². The van der Waals surface area contributed by atoms with E-state index in [-0.39, 0.29) is 0 Å². The monoisotopic (exact) mass is 275 g/mol. The molecule has 21 heavy (non-hydrogen) atoms. The lowest BCUT2D eigenvalue weighted by Crippen LogP contribution is -1.98. The highest BCUT2D eigenvalue weighted by molar-refractivity contribution is 5.85. The minimum absolute atomic E-state index is 0.608. The van der Waals surface area contributed by atoms with Gasteiger partial charge in [-0.2, -0.15) is 5.10 Å². The molecule has 0 spiro atoms. The van der Waals surface area contributed by atoms with Crippen LogP contribution in [0.2, 0.25) is 0 Å². The van der Waals surface area contributed by atoms with E-state index in [2.05, 4.69) is 22.2 Å². The maximum absolute atomic E-state index is 5.48. The van der Waals surface area contributed by atoms with Gasteiger partial charge >= 0.3 is 0 Å². The molecule has 3 heterocycles. The zero-order valence-electron chi connectivity index (χ0n) is 11.5. The van der Waals surface area contributed by atoms with E-state index < -0.39 is 0 Å². The van der Waals surface area contributed by atoms with Crippen LogP contribution in [0, 0.1) is 0 Å². The van der Waals surface area contributed by atoms with Crippen LogP contribution < -0.4 is 4.74 Å². The molecule has 1 aromatic carbocycles. The molecule has 0 unspecified atom stereocenters. The summed E-state index contributed by atoms with van der Waals surface area (Å²) in [6.45, 7) is 0. The number of benzene rings is 1. The van der Waals surface area contributed by atoms with Crippen LogP contribution in [0.4, 0.5) is 0 Å². The fourth-order valence-corrected chi connectivity index (χ4v) is 2.59. The number of pyridine rings is 2. The Morgan fingerprint density at radius 1 is 1.00 bits per heavy atom. The molecule has 0 N–H and O–H groups in total. The number of rotatable bonds is 2. The first kappa shape index (κ1) is 11.9. The van der Waals surface area contributed by atoms with Crippen LogP contribution in [0.5, 0.6) is 5.88 Å². The van der Waals surface area contributed by atoms with Gasteiger partial charge in [-0.3, -0.25) is 0 Å². The molecule has 4 heteroatoms. The Kier molecular flexibility index (Phi) is 2.60. The SMILES string of the molecule is COc1nc2ccccc2cc1-c1cccc2ccnn12. The molecule has 0 radical (unpaired) electrons. The number of hydrogen-bond donors (Lipinski definition) is 0. The largest absolute Gasteiger partial charge is 0.480 e. The third kappa shape index (κ3) is 1.84. The minimum atomic E-state index is 0.608. The molecular weight excluding hydrogens is 262 g/mol. The molecule has 4 aromatic rings. The lowest BCUT2D eigenvalue weighted by atomic mass is 10.1. The topological polar surface area (TPSA) is 39.4 Å². The third-order valence-corrected chi connectivity index (χ3v) is 3.58. The molecule has 0 bridgehead atoms. The van der Waals surface area contributed by atoms with Crippen molar-refractivity contribution in [2.75, 3.05) is 7.11 Å². The van der Waals surface area contributed by atoms with Crippen molar-refractivity contribution in [3.63, 3.8) is 0 Å². The van der Waals surface area contributed by atoms with E-state index >= 15 is 0 Å². The van der Waals surface area contributed by atoms with E-state index in [4.69, 9.17) is 4.74 Å². The summed E-state index contributed by atoms with van der Waals surface area (Å²) in [6.07, 6.45) is 1.79. The number of hydrogen-bond acceptors (Lipinski definition) is 3. The second-order valence-electron chi connectivity index (χ2n) is 4.82. The van der Waals surface area contributed by atoms with E-state index in [1.54, 1.807) is 13.3 Å². The number of nitrogens with zero attached hydrogens (tertiary/aromatic N) is 3. The van der Waals surface area contributed by atoms with Crippen molar-refractivity contribution in [2.24, 2.45) is 0 Å². The van der Waals surface area contributed by atoms with Crippen molar-refractivity contribution in [1.82, 2.24) is 14.6 Å². The summed E-state index contributed by atoms with van der Waals surface area (Å²) >= 11 is 0. The first-order valence-corrected chi connectivity index (χ1v) is 6.74. The second kappa shape index (κ2) is 4.59. The van der Waals surface area contributed by atoms with Crippen molar-refractivity contribution >= 4 is 16.4 Å². The molecule has 0 amide bonds. The van der Waals surface area contributed by atoms with Crippen LogP contribution in [0.25, 0.3) is 27.7 Å². The molecule has 0 saturated heterocycles. The Hall–Kier alpha value is -2.88. The number of methoxy groups -OCH3 is 1. The highest BCUT2D eigenvalue weighted by Gasteiger charge is 2.12. The Morgan fingerprint density at radius 2 is 1.90 bits per heavy atom. The molecular formula is C17H13N3O. The lowest BCUT2D eigenvalue weighted by molar-refractivity contribution is 0.401. The molecule has 0 aliphatic carbocycles. The van der Waals surface area contributed by atoms with Gasteiger partial charge < -0.3 is 4.74 Å². The molecule has 0 aliphatic rings. The minimum Gasteiger partial charge on any atom is -0.480 e. The average molecular weight is 275 g/mol. The third-order valence-electron chi connectivity index (χ3n) is 3.58. The van der Waals surface area contributed by atoms with E-state index in [1.165, 1.54) is 0 Å². The van der Waals surface area contributed by atoms with E-state index in [1.807, 2.05) is 47.0 Å². The normalized spacial score (nSPS) is 11.1. The number of ether oxygens (including phenoxy) is 1. The van der Waals surface area contributed by atoms with Crippen LogP contribution in [0.3, 0.4) is 0 Å². The molecule has 102 valence electrons. The van der Waals surface area contributed by atoms with Crippen LogP contribution >= 0.6 is 0 Å². The van der Waals surface area contributed by atoms with Gasteiger partial charge in [0.25, 0.3) is 0 Å². The van der Waals surface area contributed by atoms with Crippen molar-refractivity contribution in [2.45, 2.75) is 0 Å². The summed E-state index contributed by atoms with van der Waals surface area (Å²) in [5.41, 5.74) is 3.87. The summed E-state index contributed by atoms with van der Waals surface area (Å²) in [4.78, 5) is 4.60. The summed E-state index contributed by atoms with van der Waals surface area (Å²) in [5.74, 6) is 0.608. The van der Waals surface area contributed by atoms with Gasteiger partial charge in [0.1, 0.15) is 0 Å². The van der Waals surface area contributed by atoms with Gasteiger partial charge in [-0.1, -0.05) is 24.3 Å². The van der Waals surface area contributed by atoms with Crippen molar-refractivity contribution in [3.05, 3.63) is 60.8 Å². The van der Waals surface area contributed by atoms with Crippen LogP contribution in [-0.2, 0) is 0 Å². The van der Waals surface area contributed by atoms with Gasteiger partial charge in [0, 0.05) is 5.39 Å². The van der Waals surface area contributed by atoms with Crippen LogP contribution in [0.1, 0.15) is 0 Å². The van der Waals surface area contributed by atoms with Gasteiger partial charge in [0.2, 0.25) is 5.88 Å². The number of para-hydroxylation sites is 1. The maximum atomic E-state index is 5.48. The number of fused-ring (bicyclic) bond motifs is 2. The highest BCUT2D eigenvalue weighted by atomic mass is 16.5. The smallest absolute Gasteiger partial charge is 0.223 e. The summed E-state index contributed by atoms with van der Waals surface area (Å²) in [5, 5.41) is 5.46. The first-order chi connectivity index (χ1) is 10.4. The summed E-state index contributed by atoms with van der Waals surface area (Å²) in [6, 6.07) is 18.1. The van der Waals surface area contributed by atoms with E-state index in [0.717, 1.165) is 27.7 Å². The molecule has 3 aromatic heterocycles. The quantitative estimate of drug-likeness (QED) is 0.561. The van der Waals surface area contributed by atoms with E-state index in [9.17, 15) is 0 Å². The van der Waals surface area contributed by atoms with Crippen molar-refractivity contribution in [3.8, 4) is 17.1 Å². The molecule has 4 nitrogen and oxygen atoms in total. The predicted molar refractivity (Wildman–Crippen MR) is 82.5 cm³/mol. The van der Waals surface area contributed by atoms with Crippen molar-refractivity contribution in [1.29, 1.82) is 0 Å². The standard InChI is InChI=1S/C17H13N3O/c1-21-17-14(11-12-5-2-3-7-15(12)19-17)16-8-4-6-13-9-10-18-20(13)16/h2-11H,1H3. The molecule has 0 saturated carbocycles. The van der Waals surface area contributed by atoms with Gasteiger partial charge in [-0.25, -0.2) is 9.50 Å². The fourth-order valence-electron chi connectivity index (χ4n) is 2.59. The van der Waals surface area contributed by atoms with E-state index in [0.29, 0.717) is 5.88 Å². The maximum Gasteiger partial charge on any atom is 0.223 e. The van der Waals surface area contributed by atoms with Crippen LogP contribution in [0.15, 0.2) is 60.8 Å². The Bertz CT molecular complexity index is 943. The molecule has 0 atom stereocenters. The zero-order chi connectivity index (χ0) is 14.2. The molecule has 0 fully saturated rings. The average Bonchev–Trinajstić information content (AvgIpc) is 3.02. The second-order valence-corrected chi connectivity index (χ2v) is 4.82. The van der Waals surface area contributed by atoms with Crippen molar-refractivity contribution < 1.29 is 4.74 Å². The summed E-state index contributed by atoms with van der Waals surface area (Å²) in [7, 11) is 1.64. The molecule has 4 rings (SSSR count). The Labute approximate surface area is 121 Å².